The Morgan fingerprint density at radius 1 is 0.978 bits per heavy atom. The highest BCUT2D eigenvalue weighted by molar-refractivity contribution is 7.92. The van der Waals surface area contributed by atoms with Gasteiger partial charge < -0.3 is 22.1 Å². The Kier molecular flexibility index (Phi) is 9.05. The molecule has 0 bridgehead atoms. The molecule has 0 fully saturated rings. The Morgan fingerprint density at radius 3 is 2.39 bits per heavy atom. The quantitative estimate of drug-likeness (QED) is 0.0712. The number of benzene rings is 4. The standard InChI is InChI=1S/C33H34N8O4S/c1-20(2)39-32-33(43)41(19-30(42)37-17-21-7-9-23(10-8-21)31(35)36)29(18-38-32)25-13-26(34)16-27(14-25)40-46(44,45)28-12-11-22-5-3-4-6-24(22)15-28/h3-16,18,20,40H,17,19,34H2,1-2H3,(H3,35,36)(H,37,42)(H,38,39). The van der Waals surface area contributed by atoms with Crippen LogP contribution in [0.3, 0.4) is 0 Å². The van der Waals surface area contributed by atoms with Gasteiger partial charge in [-0.3, -0.25) is 24.3 Å². The van der Waals surface area contributed by atoms with Gasteiger partial charge in [-0.1, -0.05) is 54.6 Å². The maximum absolute atomic E-state index is 13.6. The number of sulfonamides is 1. The van der Waals surface area contributed by atoms with E-state index in [0.29, 0.717) is 11.1 Å². The lowest BCUT2D eigenvalue weighted by molar-refractivity contribution is -0.121. The van der Waals surface area contributed by atoms with Crippen LogP contribution in [0.1, 0.15) is 25.0 Å². The third kappa shape index (κ3) is 7.33. The normalized spacial score (nSPS) is 11.4. The molecule has 12 nitrogen and oxygen atoms in total. The highest BCUT2D eigenvalue weighted by atomic mass is 32.2. The van der Waals surface area contributed by atoms with Crippen LogP contribution in [0.2, 0.25) is 0 Å². The number of rotatable bonds is 11. The molecule has 0 atom stereocenters. The van der Waals surface area contributed by atoms with Crippen LogP contribution in [0.25, 0.3) is 22.0 Å². The summed E-state index contributed by atoms with van der Waals surface area (Å²) in [5.41, 5.74) is 13.6. The molecule has 0 saturated carbocycles. The average molecular weight is 639 g/mol. The largest absolute Gasteiger partial charge is 0.399 e. The maximum atomic E-state index is 13.6. The van der Waals surface area contributed by atoms with Gasteiger partial charge in [-0.15, -0.1) is 0 Å². The van der Waals surface area contributed by atoms with E-state index >= 15 is 0 Å². The fraction of sp³-hybridized carbons (Fsp3) is 0.152. The molecule has 5 rings (SSSR count). The molecule has 1 heterocycles. The van der Waals surface area contributed by atoms with Crippen LogP contribution in [0.5, 0.6) is 0 Å². The molecule has 0 radical (unpaired) electrons. The van der Waals surface area contributed by atoms with Gasteiger partial charge in [0.15, 0.2) is 5.82 Å². The molecule has 0 aliphatic rings. The summed E-state index contributed by atoms with van der Waals surface area (Å²) in [6.07, 6.45) is 1.44. The predicted molar refractivity (Wildman–Crippen MR) is 181 cm³/mol. The van der Waals surface area contributed by atoms with Gasteiger partial charge in [0.05, 0.1) is 22.5 Å². The summed E-state index contributed by atoms with van der Waals surface area (Å²) in [4.78, 5) is 31.1. The van der Waals surface area contributed by atoms with Crippen molar-refractivity contribution in [2.24, 2.45) is 5.73 Å². The van der Waals surface area contributed by atoms with Crippen molar-refractivity contribution in [3.05, 3.63) is 113 Å². The molecule has 8 N–H and O–H groups in total. The number of carbonyl (C=O) groups excluding carboxylic acids is 1. The Bertz CT molecular complexity index is 2110. The molecule has 1 amide bonds. The van der Waals surface area contributed by atoms with Crippen molar-refractivity contribution >= 4 is 49.7 Å². The number of anilines is 3. The van der Waals surface area contributed by atoms with Gasteiger partial charge in [0.2, 0.25) is 5.91 Å². The van der Waals surface area contributed by atoms with Gasteiger partial charge in [0, 0.05) is 29.4 Å². The minimum Gasteiger partial charge on any atom is -0.399 e. The highest BCUT2D eigenvalue weighted by Gasteiger charge is 2.19. The van der Waals surface area contributed by atoms with Crippen molar-refractivity contribution in [2.75, 3.05) is 15.8 Å². The zero-order valence-electron chi connectivity index (χ0n) is 25.2. The van der Waals surface area contributed by atoms with Crippen LogP contribution in [-0.2, 0) is 27.9 Å². The van der Waals surface area contributed by atoms with Gasteiger partial charge in [0.25, 0.3) is 15.6 Å². The first-order chi connectivity index (χ1) is 21.9. The van der Waals surface area contributed by atoms with Crippen molar-refractivity contribution in [2.45, 2.75) is 37.9 Å². The first kappa shape index (κ1) is 31.7. The fourth-order valence-electron chi connectivity index (χ4n) is 4.86. The third-order valence-corrected chi connectivity index (χ3v) is 8.45. The molecule has 0 spiro atoms. The van der Waals surface area contributed by atoms with Crippen LogP contribution in [0, 0.1) is 5.41 Å². The van der Waals surface area contributed by atoms with Crippen molar-refractivity contribution in [1.29, 1.82) is 5.41 Å². The highest BCUT2D eigenvalue weighted by Crippen LogP contribution is 2.28. The lowest BCUT2D eigenvalue weighted by Gasteiger charge is -2.17. The first-order valence-corrected chi connectivity index (χ1v) is 15.9. The lowest BCUT2D eigenvalue weighted by atomic mass is 10.1. The maximum Gasteiger partial charge on any atom is 0.294 e. The average Bonchev–Trinajstić information content (AvgIpc) is 3.01. The van der Waals surface area contributed by atoms with E-state index in [1.54, 1.807) is 42.5 Å². The van der Waals surface area contributed by atoms with E-state index in [-0.39, 0.29) is 52.7 Å². The molecular formula is C33H34N8O4S. The smallest absolute Gasteiger partial charge is 0.294 e. The SMILES string of the molecule is CC(C)Nc1ncc(-c2cc(N)cc(NS(=O)(=O)c3ccc4ccccc4c3)c2)n(CC(=O)NCc2ccc(C(=N)N)cc2)c1=O. The molecule has 0 aliphatic heterocycles. The zero-order chi connectivity index (χ0) is 33.0. The van der Waals surface area contributed by atoms with Crippen molar-refractivity contribution in [3.8, 4) is 11.3 Å². The van der Waals surface area contributed by atoms with Crippen molar-refractivity contribution in [1.82, 2.24) is 14.9 Å². The van der Waals surface area contributed by atoms with E-state index < -0.39 is 21.5 Å². The summed E-state index contributed by atoms with van der Waals surface area (Å²) < 4.78 is 30.6. The summed E-state index contributed by atoms with van der Waals surface area (Å²) >= 11 is 0. The first-order valence-electron chi connectivity index (χ1n) is 14.4. The molecular weight excluding hydrogens is 604 g/mol. The monoisotopic (exact) mass is 638 g/mol. The van der Waals surface area contributed by atoms with Gasteiger partial charge in [-0.05, 0) is 60.5 Å². The number of nitrogens with one attached hydrogen (secondary N) is 4. The van der Waals surface area contributed by atoms with E-state index in [0.717, 1.165) is 16.3 Å². The third-order valence-electron chi connectivity index (χ3n) is 7.07. The van der Waals surface area contributed by atoms with E-state index in [1.807, 2.05) is 38.1 Å². The second-order valence-electron chi connectivity index (χ2n) is 11.0. The number of nitrogen functional groups attached to an aromatic ring is 2. The predicted octanol–water partition coefficient (Wildman–Crippen LogP) is 3.87. The zero-order valence-corrected chi connectivity index (χ0v) is 26.1. The molecule has 5 aromatic rings. The molecule has 236 valence electrons. The summed E-state index contributed by atoms with van der Waals surface area (Å²) in [5, 5.41) is 15.0. The molecule has 46 heavy (non-hydrogen) atoms. The van der Waals surface area contributed by atoms with E-state index in [9.17, 15) is 18.0 Å². The van der Waals surface area contributed by atoms with Crippen LogP contribution in [0.4, 0.5) is 17.2 Å². The summed E-state index contributed by atoms with van der Waals surface area (Å²) in [6, 6.07) is 23.6. The van der Waals surface area contributed by atoms with Crippen LogP contribution in [0.15, 0.2) is 101 Å². The number of amidine groups is 1. The Hall–Kier alpha value is -5.69. The summed E-state index contributed by atoms with van der Waals surface area (Å²) in [7, 11) is -4.00. The van der Waals surface area contributed by atoms with Crippen LogP contribution < -0.4 is 32.4 Å². The topological polar surface area (TPSA) is 198 Å². The number of hydrogen-bond donors (Lipinski definition) is 6. The Balaban J connectivity index is 1.45. The number of fused-ring (bicyclic) bond motifs is 1. The second kappa shape index (κ2) is 13.1. The van der Waals surface area contributed by atoms with E-state index in [4.69, 9.17) is 16.9 Å². The van der Waals surface area contributed by atoms with Crippen LogP contribution in [-0.4, -0.2) is 35.8 Å². The number of hydrogen-bond acceptors (Lipinski definition) is 8. The number of aromatic nitrogens is 2. The van der Waals surface area contributed by atoms with Gasteiger partial charge in [0.1, 0.15) is 12.4 Å². The number of amides is 1. The summed E-state index contributed by atoms with van der Waals surface area (Å²) in [6.45, 7) is 3.55. The molecule has 4 aromatic carbocycles. The van der Waals surface area contributed by atoms with E-state index in [1.165, 1.54) is 29.0 Å². The Labute approximate surface area is 266 Å². The second-order valence-corrected chi connectivity index (χ2v) is 12.7. The van der Waals surface area contributed by atoms with E-state index in [2.05, 4.69) is 20.3 Å². The van der Waals surface area contributed by atoms with Crippen molar-refractivity contribution in [3.63, 3.8) is 0 Å². The Morgan fingerprint density at radius 2 is 1.70 bits per heavy atom. The number of nitrogens with two attached hydrogens (primary N) is 2. The lowest BCUT2D eigenvalue weighted by Crippen LogP contribution is -2.35. The molecule has 0 saturated heterocycles. The number of nitrogens with zero attached hydrogens (tertiary/aromatic N) is 2. The minimum atomic E-state index is -4.00. The van der Waals surface area contributed by atoms with Gasteiger partial charge in [-0.2, -0.15) is 0 Å². The minimum absolute atomic E-state index is 0.0582. The molecule has 0 unspecified atom stereocenters. The van der Waals surface area contributed by atoms with Gasteiger partial charge >= 0.3 is 0 Å². The molecule has 13 heteroatoms. The van der Waals surface area contributed by atoms with Crippen LogP contribution >= 0.6 is 0 Å². The molecule has 1 aromatic heterocycles. The number of carbonyl (C=O) groups is 1. The fourth-order valence-corrected chi connectivity index (χ4v) is 5.93. The van der Waals surface area contributed by atoms with Gasteiger partial charge in [-0.25, -0.2) is 13.4 Å². The van der Waals surface area contributed by atoms with Crippen molar-refractivity contribution < 1.29 is 13.2 Å². The molecule has 0 aliphatic carbocycles. The summed E-state index contributed by atoms with van der Waals surface area (Å²) in [5.74, 6) is -0.438.